The van der Waals surface area contributed by atoms with Crippen molar-refractivity contribution in [2.45, 2.75) is 6.92 Å². The maximum absolute atomic E-state index is 12.3. The van der Waals surface area contributed by atoms with Crippen molar-refractivity contribution in [3.8, 4) is 11.3 Å². The molecule has 0 saturated carbocycles. The number of rotatable bonds is 4. The quantitative estimate of drug-likeness (QED) is 0.267. The van der Waals surface area contributed by atoms with E-state index in [9.17, 15) is 4.79 Å². The van der Waals surface area contributed by atoms with Gasteiger partial charge in [-0.2, -0.15) is 0 Å². The molecule has 1 amide bonds. The largest absolute Gasteiger partial charge is 0.457 e. The van der Waals surface area contributed by atoms with Crippen molar-refractivity contribution in [2.24, 2.45) is 0 Å². The maximum atomic E-state index is 12.3. The zero-order valence-corrected chi connectivity index (χ0v) is 19.0. The number of nitrogens with one attached hydrogen (secondary N) is 2. The lowest BCUT2D eigenvalue weighted by molar-refractivity contribution is -0.115. The van der Waals surface area contributed by atoms with Crippen LogP contribution in [0.25, 0.3) is 28.3 Å². The number of anilines is 1. The average Bonchev–Trinajstić information content (AvgIpc) is 3.22. The molecule has 2 heterocycles. The van der Waals surface area contributed by atoms with Crippen molar-refractivity contribution >= 4 is 61.8 Å². The van der Waals surface area contributed by atoms with E-state index in [1.807, 2.05) is 73.7 Å². The minimum absolute atomic E-state index is 0.195. The van der Waals surface area contributed by atoms with Crippen LogP contribution < -0.4 is 10.6 Å². The summed E-state index contributed by atoms with van der Waals surface area (Å²) < 4.78 is 6.78. The Kier molecular flexibility index (Phi) is 6.25. The molecule has 5 nitrogen and oxygen atoms in total. The molecule has 2 N–H and O–H groups in total. The summed E-state index contributed by atoms with van der Waals surface area (Å²) >= 11 is 8.70. The molecule has 0 aliphatic carbocycles. The van der Waals surface area contributed by atoms with E-state index >= 15 is 0 Å². The van der Waals surface area contributed by atoms with E-state index < -0.39 is 0 Å². The van der Waals surface area contributed by atoms with Gasteiger partial charge < -0.3 is 9.73 Å². The number of amides is 1. The molecule has 154 valence electrons. The van der Waals surface area contributed by atoms with Gasteiger partial charge in [-0.15, -0.1) is 0 Å². The molecule has 0 bridgehead atoms. The van der Waals surface area contributed by atoms with Gasteiger partial charge in [0.15, 0.2) is 5.11 Å². The smallest absolute Gasteiger partial charge is 0.250 e. The number of furan rings is 1. The molecular formula is C24H18BrN3O2S. The van der Waals surface area contributed by atoms with Gasteiger partial charge in [0, 0.05) is 27.2 Å². The van der Waals surface area contributed by atoms with Crippen molar-refractivity contribution in [1.29, 1.82) is 0 Å². The minimum atomic E-state index is -0.358. The fourth-order valence-electron chi connectivity index (χ4n) is 3.02. The van der Waals surface area contributed by atoms with Gasteiger partial charge in [0.1, 0.15) is 11.5 Å². The summed E-state index contributed by atoms with van der Waals surface area (Å²) in [4.78, 5) is 16.8. The molecule has 0 atom stereocenters. The molecular weight excluding hydrogens is 474 g/mol. The van der Waals surface area contributed by atoms with Crippen molar-refractivity contribution < 1.29 is 9.21 Å². The van der Waals surface area contributed by atoms with E-state index in [1.165, 1.54) is 6.08 Å². The van der Waals surface area contributed by atoms with E-state index in [-0.39, 0.29) is 11.0 Å². The highest BCUT2D eigenvalue weighted by Gasteiger charge is 2.07. The predicted molar refractivity (Wildman–Crippen MR) is 132 cm³/mol. The van der Waals surface area contributed by atoms with Gasteiger partial charge in [-0.05, 0) is 61.6 Å². The highest BCUT2D eigenvalue weighted by molar-refractivity contribution is 9.10. The average molecular weight is 492 g/mol. The number of hydrogen-bond acceptors (Lipinski definition) is 4. The van der Waals surface area contributed by atoms with E-state index in [0.29, 0.717) is 5.76 Å². The molecule has 7 heteroatoms. The molecule has 31 heavy (non-hydrogen) atoms. The summed E-state index contributed by atoms with van der Waals surface area (Å²) in [5.41, 5.74) is 3.39. The normalized spacial score (nSPS) is 11.0. The summed E-state index contributed by atoms with van der Waals surface area (Å²) in [6.07, 6.45) is 2.98. The number of hydrogen-bond donors (Lipinski definition) is 2. The molecule has 0 unspecified atom stereocenters. The molecule has 4 aromatic rings. The van der Waals surface area contributed by atoms with Crippen LogP contribution in [0, 0.1) is 6.92 Å². The molecule has 0 aliphatic heterocycles. The second kappa shape index (κ2) is 9.24. The summed E-state index contributed by atoms with van der Waals surface area (Å²) in [5, 5.41) is 6.87. The molecule has 4 rings (SSSR count). The van der Waals surface area contributed by atoms with E-state index in [4.69, 9.17) is 16.6 Å². The Morgan fingerprint density at radius 2 is 1.87 bits per heavy atom. The first-order valence-electron chi connectivity index (χ1n) is 9.50. The fraction of sp³-hybridized carbons (Fsp3) is 0.0417. The molecule has 2 aromatic heterocycles. The highest BCUT2D eigenvalue weighted by atomic mass is 79.9. The van der Waals surface area contributed by atoms with Crippen LogP contribution in [0.3, 0.4) is 0 Å². The Balaban J connectivity index is 1.39. The summed E-state index contributed by atoms with van der Waals surface area (Å²) in [5.74, 6) is 0.938. The molecule has 0 fully saturated rings. The van der Waals surface area contributed by atoms with Crippen LogP contribution in [0.1, 0.15) is 11.5 Å². The van der Waals surface area contributed by atoms with Crippen LogP contribution in [-0.4, -0.2) is 16.0 Å². The monoisotopic (exact) mass is 491 g/mol. The van der Waals surface area contributed by atoms with Crippen LogP contribution in [0.15, 0.2) is 81.7 Å². The Labute approximate surface area is 193 Å². The number of nitrogens with zero attached hydrogens (tertiary/aromatic N) is 1. The number of aryl methyl sites for hydroxylation is 1. The third-order valence-electron chi connectivity index (χ3n) is 4.50. The van der Waals surface area contributed by atoms with Gasteiger partial charge in [-0.1, -0.05) is 46.3 Å². The maximum Gasteiger partial charge on any atom is 0.250 e. The molecule has 2 aromatic carbocycles. The first kappa shape index (κ1) is 21.0. The van der Waals surface area contributed by atoms with Gasteiger partial charge in [0.05, 0.1) is 11.2 Å². The van der Waals surface area contributed by atoms with Crippen molar-refractivity contribution in [3.63, 3.8) is 0 Å². The number of aromatic nitrogens is 1. The van der Waals surface area contributed by atoms with Crippen LogP contribution in [0.2, 0.25) is 0 Å². The number of carbonyl (C=O) groups is 1. The lowest BCUT2D eigenvalue weighted by Gasteiger charge is -2.10. The third-order valence-corrected chi connectivity index (χ3v) is 5.23. The third kappa shape index (κ3) is 5.25. The van der Waals surface area contributed by atoms with Crippen LogP contribution >= 0.6 is 28.1 Å². The number of halogens is 1. The zero-order valence-electron chi connectivity index (χ0n) is 16.6. The number of thiocarbonyl (C=S) groups is 1. The van der Waals surface area contributed by atoms with E-state index in [2.05, 4.69) is 31.5 Å². The Morgan fingerprint density at radius 3 is 2.68 bits per heavy atom. The fourth-order valence-corrected chi connectivity index (χ4v) is 3.50. The molecule has 0 spiro atoms. The number of benzene rings is 2. The van der Waals surface area contributed by atoms with Crippen molar-refractivity contribution in [3.05, 3.63) is 88.7 Å². The van der Waals surface area contributed by atoms with E-state index in [1.54, 1.807) is 6.08 Å². The van der Waals surface area contributed by atoms with Gasteiger partial charge in [-0.25, -0.2) is 0 Å². The summed E-state index contributed by atoms with van der Waals surface area (Å²) in [6.45, 7) is 1.93. The SMILES string of the molecule is Cc1ccc2cccc(NC(=S)NC(=O)/C=C/c3ccc(-c4ccc(Br)cc4)o3)c2n1. The minimum Gasteiger partial charge on any atom is -0.457 e. The highest BCUT2D eigenvalue weighted by Crippen LogP contribution is 2.24. The summed E-state index contributed by atoms with van der Waals surface area (Å²) in [7, 11) is 0. The predicted octanol–water partition coefficient (Wildman–Crippen LogP) is 6.09. The first-order chi connectivity index (χ1) is 15.0. The Morgan fingerprint density at radius 1 is 1.06 bits per heavy atom. The Hall–Kier alpha value is -3.29. The zero-order chi connectivity index (χ0) is 21.8. The van der Waals surface area contributed by atoms with Gasteiger partial charge in [0.2, 0.25) is 5.91 Å². The standard InChI is InChI=1S/C24H18BrN3O2S/c1-15-5-6-17-3-2-4-20(23(17)26-15)27-24(31)28-22(29)14-12-19-11-13-21(30-19)16-7-9-18(25)10-8-16/h2-14H,1H3,(H2,27,28,29,31)/b14-12+. The number of para-hydroxylation sites is 1. The number of fused-ring (bicyclic) bond motifs is 1. The first-order valence-corrected chi connectivity index (χ1v) is 10.7. The lowest BCUT2D eigenvalue weighted by Crippen LogP contribution is -2.32. The van der Waals surface area contributed by atoms with Crippen LogP contribution in [0.4, 0.5) is 5.69 Å². The van der Waals surface area contributed by atoms with Gasteiger partial charge >= 0.3 is 0 Å². The lowest BCUT2D eigenvalue weighted by atomic mass is 10.2. The number of pyridine rings is 1. The number of carbonyl (C=O) groups excluding carboxylic acids is 1. The van der Waals surface area contributed by atoms with Crippen LogP contribution in [0.5, 0.6) is 0 Å². The van der Waals surface area contributed by atoms with Crippen molar-refractivity contribution in [1.82, 2.24) is 10.3 Å². The second-order valence-corrected chi connectivity index (χ2v) is 8.14. The molecule has 0 aliphatic rings. The topological polar surface area (TPSA) is 67.2 Å². The molecule has 0 radical (unpaired) electrons. The molecule has 0 saturated heterocycles. The van der Waals surface area contributed by atoms with Crippen molar-refractivity contribution in [2.75, 3.05) is 5.32 Å². The van der Waals surface area contributed by atoms with Gasteiger partial charge in [0.25, 0.3) is 0 Å². The Bertz CT molecular complexity index is 1300. The summed E-state index contributed by atoms with van der Waals surface area (Å²) in [6, 6.07) is 21.2. The van der Waals surface area contributed by atoms with Gasteiger partial charge in [-0.3, -0.25) is 15.1 Å². The second-order valence-electron chi connectivity index (χ2n) is 6.82. The van der Waals surface area contributed by atoms with E-state index in [0.717, 1.165) is 38.1 Å². The van der Waals surface area contributed by atoms with Crippen LogP contribution in [-0.2, 0) is 4.79 Å².